The van der Waals surface area contributed by atoms with E-state index in [1.165, 1.54) is 22.7 Å². The van der Waals surface area contributed by atoms with Crippen molar-refractivity contribution in [2.24, 2.45) is 0 Å². The van der Waals surface area contributed by atoms with Gasteiger partial charge in [0.1, 0.15) is 11.2 Å². The third-order valence-electron chi connectivity index (χ3n) is 3.01. The molecule has 0 spiro atoms. The van der Waals surface area contributed by atoms with E-state index in [0.717, 1.165) is 18.4 Å². The van der Waals surface area contributed by atoms with E-state index in [1.807, 2.05) is 0 Å². The number of hydrogen-bond acceptors (Lipinski definition) is 5. The molecule has 1 unspecified atom stereocenters. The summed E-state index contributed by atoms with van der Waals surface area (Å²) in [4.78, 5) is 13.7. The van der Waals surface area contributed by atoms with Crippen molar-refractivity contribution in [3.63, 3.8) is 0 Å². The van der Waals surface area contributed by atoms with Crippen molar-refractivity contribution < 1.29 is 17.6 Å². The van der Waals surface area contributed by atoms with Gasteiger partial charge < -0.3 is 10.6 Å². The summed E-state index contributed by atoms with van der Waals surface area (Å²) in [5.41, 5.74) is 5.72. The summed E-state index contributed by atoms with van der Waals surface area (Å²) in [7, 11) is -3.39. The summed E-state index contributed by atoms with van der Waals surface area (Å²) in [5.74, 6) is -0.139. The first-order chi connectivity index (χ1) is 9.29. The number of anilines is 1. The van der Waals surface area contributed by atoms with Crippen molar-refractivity contribution in [1.29, 1.82) is 0 Å². The maximum absolute atomic E-state index is 13.3. The van der Waals surface area contributed by atoms with Crippen LogP contribution in [0.15, 0.2) is 18.2 Å². The molecule has 0 radical (unpaired) electrons. The van der Waals surface area contributed by atoms with E-state index in [4.69, 9.17) is 5.73 Å². The smallest absolute Gasteiger partial charge is 0.255 e. The maximum Gasteiger partial charge on any atom is 0.255 e. The molecule has 1 aromatic carbocycles. The summed E-state index contributed by atoms with van der Waals surface area (Å²) in [6, 6.07) is 3.53. The number of hydrogen-bond donors (Lipinski definition) is 1. The molecule has 1 aromatic rings. The maximum atomic E-state index is 13.3. The van der Waals surface area contributed by atoms with Gasteiger partial charge in [-0.25, -0.2) is 12.8 Å². The summed E-state index contributed by atoms with van der Waals surface area (Å²) in [5, 5.41) is -0.877. The molecule has 2 rings (SSSR count). The van der Waals surface area contributed by atoms with Gasteiger partial charge in [0, 0.05) is 35.6 Å². The molecule has 8 heteroatoms. The minimum absolute atomic E-state index is 0.0723. The van der Waals surface area contributed by atoms with Crippen LogP contribution in [0.3, 0.4) is 0 Å². The van der Waals surface area contributed by atoms with Crippen molar-refractivity contribution in [1.82, 2.24) is 4.90 Å². The van der Waals surface area contributed by atoms with Crippen molar-refractivity contribution in [3.8, 4) is 0 Å². The molecule has 0 aliphatic carbocycles. The van der Waals surface area contributed by atoms with Gasteiger partial charge in [0.15, 0.2) is 9.84 Å². The van der Waals surface area contributed by atoms with Gasteiger partial charge in [-0.3, -0.25) is 4.79 Å². The van der Waals surface area contributed by atoms with E-state index in [9.17, 15) is 17.6 Å². The molecule has 1 heterocycles. The van der Waals surface area contributed by atoms with Gasteiger partial charge in [0.2, 0.25) is 0 Å². The van der Waals surface area contributed by atoms with E-state index in [1.54, 1.807) is 0 Å². The fourth-order valence-corrected chi connectivity index (χ4v) is 4.88. The summed E-state index contributed by atoms with van der Waals surface area (Å²) >= 11 is 1.48. The highest BCUT2D eigenvalue weighted by Gasteiger charge is 2.34. The van der Waals surface area contributed by atoms with Crippen LogP contribution >= 0.6 is 11.8 Å². The lowest BCUT2D eigenvalue weighted by atomic mass is 10.1. The van der Waals surface area contributed by atoms with Crippen LogP contribution in [-0.2, 0) is 9.84 Å². The third kappa shape index (κ3) is 3.24. The molecule has 20 heavy (non-hydrogen) atoms. The number of thioether (sulfide) groups is 1. The fraction of sp³-hybridized carbons (Fsp3) is 0.417. The average molecular weight is 318 g/mol. The van der Waals surface area contributed by atoms with Crippen LogP contribution in [-0.4, -0.2) is 48.9 Å². The molecule has 1 atom stereocenters. The summed E-state index contributed by atoms with van der Waals surface area (Å²) < 4.78 is 36.8. The molecule has 1 aliphatic rings. The van der Waals surface area contributed by atoms with Crippen molar-refractivity contribution >= 4 is 33.2 Å². The second-order valence-corrected chi connectivity index (χ2v) is 7.98. The molecule has 1 amide bonds. The Bertz CT molecular complexity index is 613. The molecular weight excluding hydrogens is 303 g/mol. The highest BCUT2D eigenvalue weighted by atomic mass is 32.2. The Morgan fingerprint density at radius 1 is 1.45 bits per heavy atom. The van der Waals surface area contributed by atoms with Crippen LogP contribution in [0, 0.1) is 5.82 Å². The Morgan fingerprint density at radius 3 is 2.75 bits per heavy atom. The molecule has 0 aromatic heterocycles. The molecule has 2 N–H and O–H groups in total. The SMILES string of the molecule is CS(=O)(=O)C1CSCCN1C(=O)c1cc(N)cc(F)c1. The predicted molar refractivity (Wildman–Crippen MR) is 77.8 cm³/mol. The molecule has 110 valence electrons. The molecule has 1 aliphatic heterocycles. The third-order valence-corrected chi connectivity index (χ3v) is 5.65. The van der Waals surface area contributed by atoms with Crippen LogP contribution < -0.4 is 5.73 Å². The van der Waals surface area contributed by atoms with E-state index >= 15 is 0 Å². The van der Waals surface area contributed by atoms with E-state index in [2.05, 4.69) is 0 Å². The predicted octanol–water partition coefficient (Wildman–Crippen LogP) is 0.968. The minimum atomic E-state index is -3.39. The lowest BCUT2D eigenvalue weighted by Crippen LogP contribution is -2.49. The fourth-order valence-electron chi connectivity index (χ4n) is 2.07. The number of carbonyl (C=O) groups excluding carboxylic acids is 1. The zero-order chi connectivity index (χ0) is 14.9. The quantitative estimate of drug-likeness (QED) is 0.822. The average Bonchev–Trinajstić information content (AvgIpc) is 2.35. The number of sulfone groups is 1. The van der Waals surface area contributed by atoms with E-state index in [-0.39, 0.29) is 11.3 Å². The monoisotopic (exact) mass is 318 g/mol. The van der Waals surface area contributed by atoms with Crippen molar-refractivity contribution in [2.45, 2.75) is 5.37 Å². The second-order valence-electron chi connectivity index (χ2n) is 4.63. The first-order valence-corrected chi connectivity index (χ1v) is 9.03. The largest absolute Gasteiger partial charge is 0.399 e. The van der Waals surface area contributed by atoms with Crippen LogP contribution in [0.5, 0.6) is 0 Å². The van der Waals surface area contributed by atoms with Gasteiger partial charge in [-0.1, -0.05) is 0 Å². The zero-order valence-corrected chi connectivity index (χ0v) is 12.5. The highest BCUT2D eigenvalue weighted by molar-refractivity contribution is 8.00. The van der Waals surface area contributed by atoms with Crippen LogP contribution in [0.25, 0.3) is 0 Å². The Kier molecular flexibility index (Phi) is 4.24. The topological polar surface area (TPSA) is 80.5 Å². The number of nitrogens with zero attached hydrogens (tertiary/aromatic N) is 1. The van der Waals surface area contributed by atoms with Crippen LogP contribution in [0.2, 0.25) is 0 Å². The number of carbonyl (C=O) groups is 1. The second kappa shape index (κ2) is 5.61. The lowest BCUT2D eigenvalue weighted by Gasteiger charge is -2.34. The number of nitrogen functional groups attached to an aromatic ring is 1. The molecule has 0 bridgehead atoms. The minimum Gasteiger partial charge on any atom is -0.399 e. The zero-order valence-electron chi connectivity index (χ0n) is 10.9. The molecular formula is C12H15FN2O3S2. The normalized spacial score (nSPS) is 19.9. The molecule has 0 saturated carbocycles. The summed E-state index contributed by atoms with van der Waals surface area (Å²) in [6.45, 7) is 0.317. The Hall–Kier alpha value is -1.28. The van der Waals surface area contributed by atoms with Gasteiger partial charge >= 0.3 is 0 Å². The number of amides is 1. The Morgan fingerprint density at radius 2 is 2.15 bits per heavy atom. The van der Waals surface area contributed by atoms with E-state index in [0.29, 0.717) is 18.1 Å². The lowest BCUT2D eigenvalue weighted by molar-refractivity contribution is 0.0749. The Labute approximate surface area is 121 Å². The first kappa shape index (κ1) is 15.1. The van der Waals surface area contributed by atoms with Gasteiger partial charge in [0.05, 0.1) is 0 Å². The first-order valence-electron chi connectivity index (χ1n) is 5.92. The van der Waals surface area contributed by atoms with Crippen LogP contribution in [0.1, 0.15) is 10.4 Å². The highest BCUT2D eigenvalue weighted by Crippen LogP contribution is 2.23. The number of benzene rings is 1. The van der Waals surface area contributed by atoms with Gasteiger partial charge in [-0.2, -0.15) is 11.8 Å². The Balaban J connectivity index is 2.35. The van der Waals surface area contributed by atoms with Gasteiger partial charge in [-0.15, -0.1) is 0 Å². The molecule has 1 saturated heterocycles. The standard InChI is InChI=1S/C12H15FN2O3S2/c1-20(17,18)11-7-19-3-2-15(11)12(16)8-4-9(13)6-10(14)5-8/h4-6,11H,2-3,7,14H2,1H3. The van der Waals surface area contributed by atoms with E-state index < -0.39 is 26.9 Å². The van der Waals surface area contributed by atoms with Crippen molar-refractivity contribution in [3.05, 3.63) is 29.6 Å². The molecule has 5 nitrogen and oxygen atoms in total. The number of halogens is 1. The van der Waals surface area contributed by atoms with Crippen molar-refractivity contribution in [2.75, 3.05) is 30.0 Å². The number of nitrogens with two attached hydrogens (primary N) is 1. The number of rotatable bonds is 2. The van der Waals surface area contributed by atoms with Gasteiger partial charge in [-0.05, 0) is 18.2 Å². The molecule has 1 fully saturated rings. The van der Waals surface area contributed by atoms with Gasteiger partial charge in [0.25, 0.3) is 5.91 Å². The van der Waals surface area contributed by atoms with Crippen LogP contribution in [0.4, 0.5) is 10.1 Å². The summed E-state index contributed by atoms with van der Waals surface area (Å²) in [6.07, 6.45) is 1.10.